The fourth-order valence-corrected chi connectivity index (χ4v) is 1.57. The average Bonchev–Trinajstić information content (AvgIpc) is 2.34. The van der Waals surface area contributed by atoms with Crippen molar-refractivity contribution in [3.8, 4) is 0 Å². The van der Waals surface area contributed by atoms with Gasteiger partial charge < -0.3 is 15.2 Å². The first-order valence-corrected chi connectivity index (χ1v) is 5.80. The molecule has 6 nitrogen and oxygen atoms in total. The van der Waals surface area contributed by atoms with Crippen LogP contribution in [0.1, 0.15) is 29.9 Å². The van der Waals surface area contributed by atoms with Crippen molar-refractivity contribution in [1.82, 2.24) is 15.3 Å². The largest absolute Gasteiger partial charge is 0.478 e. The Morgan fingerprint density at radius 2 is 2.28 bits per heavy atom. The van der Waals surface area contributed by atoms with E-state index in [0.717, 1.165) is 0 Å². The highest BCUT2D eigenvalue weighted by Crippen LogP contribution is 2.07. The summed E-state index contributed by atoms with van der Waals surface area (Å²) in [7, 11) is 1.64. The molecule has 1 aromatic heterocycles. The molecule has 0 amide bonds. The maximum atomic E-state index is 11.0. The summed E-state index contributed by atoms with van der Waals surface area (Å²) in [5, 5.41) is 12.3. The van der Waals surface area contributed by atoms with Crippen LogP contribution >= 0.6 is 0 Å². The van der Waals surface area contributed by atoms with Crippen molar-refractivity contribution in [1.29, 1.82) is 0 Å². The van der Waals surface area contributed by atoms with Crippen molar-refractivity contribution in [2.45, 2.75) is 26.4 Å². The van der Waals surface area contributed by atoms with Crippen LogP contribution in [0.5, 0.6) is 0 Å². The van der Waals surface area contributed by atoms with Gasteiger partial charge in [0.25, 0.3) is 0 Å². The molecule has 0 aromatic carbocycles. The first-order chi connectivity index (χ1) is 8.56. The maximum Gasteiger partial charge on any atom is 0.339 e. The summed E-state index contributed by atoms with van der Waals surface area (Å²) in [5.74, 6) is -0.625. The lowest BCUT2D eigenvalue weighted by atomic mass is 10.1. The van der Waals surface area contributed by atoms with Crippen LogP contribution in [0.2, 0.25) is 0 Å². The molecule has 6 heteroatoms. The van der Waals surface area contributed by atoms with Gasteiger partial charge in [0.1, 0.15) is 11.9 Å². The quantitative estimate of drug-likeness (QED) is 0.752. The maximum absolute atomic E-state index is 11.0. The number of ether oxygens (including phenoxy) is 1. The van der Waals surface area contributed by atoms with Gasteiger partial charge in [0.2, 0.25) is 0 Å². The number of aromatic carboxylic acids is 1. The third-order valence-corrected chi connectivity index (χ3v) is 2.71. The second-order valence-electron chi connectivity index (χ2n) is 4.38. The molecule has 1 heterocycles. The number of rotatable bonds is 7. The lowest BCUT2D eigenvalue weighted by molar-refractivity contribution is 0.0694. The molecule has 1 unspecified atom stereocenters. The number of hydrogen-bond acceptors (Lipinski definition) is 5. The Bertz CT molecular complexity index is 396. The van der Waals surface area contributed by atoms with Gasteiger partial charge in [-0.3, -0.25) is 0 Å². The van der Waals surface area contributed by atoms with E-state index in [0.29, 0.717) is 24.8 Å². The van der Waals surface area contributed by atoms with Gasteiger partial charge >= 0.3 is 5.97 Å². The minimum absolute atomic E-state index is 0.130. The number of carboxylic acid groups (broad SMARTS) is 1. The Morgan fingerprint density at radius 1 is 1.56 bits per heavy atom. The molecule has 0 aliphatic rings. The van der Waals surface area contributed by atoms with Crippen LogP contribution in [0, 0.1) is 5.92 Å². The van der Waals surface area contributed by atoms with Crippen LogP contribution in [0.3, 0.4) is 0 Å². The highest BCUT2D eigenvalue weighted by Gasteiger charge is 2.15. The number of carbonyl (C=O) groups is 1. The van der Waals surface area contributed by atoms with E-state index in [1.807, 2.05) is 0 Å². The number of hydrogen-bond donors (Lipinski definition) is 2. The third-order valence-electron chi connectivity index (χ3n) is 2.71. The van der Waals surface area contributed by atoms with Gasteiger partial charge in [0.15, 0.2) is 0 Å². The van der Waals surface area contributed by atoms with Gasteiger partial charge in [-0.1, -0.05) is 13.8 Å². The fraction of sp³-hybridized carbons (Fsp3) is 0.583. The van der Waals surface area contributed by atoms with Crippen LogP contribution in [0.15, 0.2) is 12.5 Å². The number of nitrogens with one attached hydrogen (secondary N) is 1. The summed E-state index contributed by atoms with van der Waals surface area (Å²) >= 11 is 0. The molecule has 0 radical (unpaired) electrons. The molecule has 0 aliphatic heterocycles. The number of carboxylic acids is 1. The van der Waals surface area contributed by atoms with Crippen LogP contribution in [-0.4, -0.2) is 40.8 Å². The molecule has 0 bridgehead atoms. The molecule has 0 saturated heterocycles. The summed E-state index contributed by atoms with van der Waals surface area (Å²) < 4.78 is 5.12. The summed E-state index contributed by atoms with van der Waals surface area (Å²) in [6, 6.07) is 0.159. The summed E-state index contributed by atoms with van der Waals surface area (Å²) in [5.41, 5.74) is 0.615. The van der Waals surface area contributed by atoms with E-state index >= 15 is 0 Å². The number of methoxy groups -OCH3 is 1. The fourth-order valence-electron chi connectivity index (χ4n) is 1.57. The molecule has 0 spiro atoms. The molecule has 1 rings (SSSR count). The molecule has 1 atom stereocenters. The van der Waals surface area contributed by atoms with E-state index in [2.05, 4.69) is 29.1 Å². The van der Waals surface area contributed by atoms with Gasteiger partial charge in [-0.2, -0.15) is 0 Å². The second-order valence-corrected chi connectivity index (χ2v) is 4.38. The van der Waals surface area contributed by atoms with Gasteiger partial charge in [-0.05, 0) is 5.92 Å². The first kappa shape index (κ1) is 14.5. The van der Waals surface area contributed by atoms with Crippen LogP contribution in [0.25, 0.3) is 0 Å². The summed E-state index contributed by atoms with van der Waals surface area (Å²) in [6.45, 7) is 5.12. The Labute approximate surface area is 106 Å². The van der Waals surface area contributed by atoms with E-state index < -0.39 is 5.97 Å². The van der Waals surface area contributed by atoms with Crippen molar-refractivity contribution >= 4 is 5.97 Å². The Morgan fingerprint density at radius 3 is 2.83 bits per heavy atom. The minimum atomic E-state index is -1.01. The van der Waals surface area contributed by atoms with Gasteiger partial charge in [-0.25, -0.2) is 14.8 Å². The van der Waals surface area contributed by atoms with Crippen molar-refractivity contribution in [2.75, 3.05) is 13.7 Å². The molecule has 18 heavy (non-hydrogen) atoms. The highest BCUT2D eigenvalue weighted by molar-refractivity contribution is 5.88. The van der Waals surface area contributed by atoms with Crippen molar-refractivity contribution in [3.05, 3.63) is 23.8 Å². The standard InChI is InChI=1S/C12H19N3O3/c1-8(2)11(6-18-3)14-5-10-9(12(16)17)4-13-7-15-10/h4,7-8,11,14H,5-6H2,1-3H3,(H,16,17). The van der Waals surface area contributed by atoms with Crippen LogP contribution < -0.4 is 5.32 Å². The zero-order chi connectivity index (χ0) is 13.5. The third kappa shape index (κ3) is 4.05. The normalized spacial score (nSPS) is 12.7. The zero-order valence-electron chi connectivity index (χ0n) is 10.9. The topological polar surface area (TPSA) is 84.3 Å². The van der Waals surface area contributed by atoms with Gasteiger partial charge in [-0.15, -0.1) is 0 Å². The highest BCUT2D eigenvalue weighted by atomic mass is 16.5. The zero-order valence-corrected chi connectivity index (χ0v) is 10.9. The van der Waals surface area contributed by atoms with E-state index in [1.165, 1.54) is 12.5 Å². The Hall–Kier alpha value is -1.53. The monoisotopic (exact) mass is 253 g/mol. The van der Waals surface area contributed by atoms with Crippen LogP contribution in [-0.2, 0) is 11.3 Å². The van der Waals surface area contributed by atoms with Gasteiger partial charge in [0.05, 0.1) is 12.3 Å². The van der Waals surface area contributed by atoms with Crippen molar-refractivity contribution in [3.63, 3.8) is 0 Å². The average molecular weight is 253 g/mol. The predicted molar refractivity (Wildman–Crippen MR) is 66.3 cm³/mol. The van der Waals surface area contributed by atoms with E-state index in [1.54, 1.807) is 7.11 Å². The Balaban J connectivity index is 2.70. The second kappa shape index (κ2) is 7.03. The van der Waals surface area contributed by atoms with Crippen molar-refractivity contribution < 1.29 is 14.6 Å². The van der Waals surface area contributed by atoms with E-state index in [-0.39, 0.29) is 11.6 Å². The molecular formula is C12H19N3O3. The smallest absolute Gasteiger partial charge is 0.339 e. The SMILES string of the molecule is COCC(NCc1ncncc1C(=O)O)C(C)C. The number of aromatic nitrogens is 2. The number of nitrogens with zero attached hydrogens (tertiary/aromatic N) is 2. The van der Waals surface area contributed by atoms with E-state index in [4.69, 9.17) is 9.84 Å². The lowest BCUT2D eigenvalue weighted by Gasteiger charge is -2.21. The molecule has 100 valence electrons. The van der Waals surface area contributed by atoms with Gasteiger partial charge in [0, 0.05) is 25.9 Å². The molecule has 0 saturated carbocycles. The summed E-state index contributed by atoms with van der Waals surface area (Å²) in [4.78, 5) is 18.7. The molecule has 0 fully saturated rings. The predicted octanol–water partition coefficient (Wildman–Crippen LogP) is 0.935. The molecule has 2 N–H and O–H groups in total. The lowest BCUT2D eigenvalue weighted by Crippen LogP contribution is -2.37. The summed E-state index contributed by atoms with van der Waals surface area (Å²) in [6.07, 6.45) is 2.66. The van der Waals surface area contributed by atoms with Crippen molar-refractivity contribution in [2.24, 2.45) is 5.92 Å². The minimum Gasteiger partial charge on any atom is -0.478 e. The molecular weight excluding hydrogens is 234 g/mol. The van der Waals surface area contributed by atoms with E-state index in [9.17, 15) is 4.79 Å². The Kier molecular flexibility index (Phi) is 5.67. The molecule has 1 aromatic rings. The first-order valence-electron chi connectivity index (χ1n) is 5.80. The van der Waals surface area contributed by atoms with Crippen LogP contribution in [0.4, 0.5) is 0 Å². The molecule has 0 aliphatic carbocycles.